The molecule has 0 aliphatic heterocycles. The number of nitrogens with zero attached hydrogens (tertiary/aromatic N) is 1. The van der Waals surface area contributed by atoms with Gasteiger partial charge >= 0.3 is 0 Å². The number of thiazole rings is 1. The number of rotatable bonds is 8. The van der Waals surface area contributed by atoms with Gasteiger partial charge in [0.1, 0.15) is 5.01 Å². The van der Waals surface area contributed by atoms with Gasteiger partial charge in [0, 0.05) is 27.5 Å². The van der Waals surface area contributed by atoms with Crippen molar-refractivity contribution < 1.29 is 13.7 Å². The molecule has 0 radical (unpaired) electrons. The Kier molecular flexibility index (Phi) is 6.86. The fourth-order valence-electron chi connectivity index (χ4n) is 2.93. The molecule has 0 saturated carbocycles. The lowest BCUT2D eigenvalue weighted by Crippen LogP contribution is -2.02. The normalized spacial score (nSPS) is 12.0. The quantitative estimate of drug-likeness (QED) is 0.502. The molecule has 28 heavy (non-hydrogen) atoms. The second-order valence-corrected chi connectivity index (χ2v) is 8.92. The summed E-state index contributed by atoms with van der Waals surface area (Å²) in [4.78, 5) is 4.68. The Hall–Kier alpha value is -2.18. The van der Waals surface area contributed by atoms with Crippen molar-refractivity contribution >= 4 is 22.1 Å². The maximum Gasteiger partial charge on any atom is 0.161 e. The lowest BCUT2D eigenvalue weighted by atomic mass is 10.1. The molecule has 4 nitrogen and oxygen atoms in total. The van der Waals surface area contributed by atoms with E-state index in [0.717, 1.165) is 27.6 Å². The molecule has 148 valence electrons. The molecule has 6 heteroatoms. The Labute approximate surface area is 173 Å². The first-order valence-electron chi connectivity index (χ1n) is 9.17. The summed E-state index contributed by atoms with van der Waals surface area (Å²) in [5, 5.41) is 2.87. The molecule has 1 aromatic heterocycles. The van der Waals surface area contributed by atoms with Gasteiger partial charge in [-0.05, 0) is 50.1 Å². The van der Waals surface area contributed by atoms with Gasteiger partial charge in [0.05, 0.1) is 25.2 Å². The first-order chi connectivity index (χ1) is 13.5. The van der Waals surface area contributed by atoms with Crippen LogP contribution in [0.3, 0.4) is 0 Å². The molecule has 0 spiro atoms. The van der Waals surface area contributed by atoms with Gasteiger partial charge in [-0.3, -0.25) is 4.21 Å². The summed E-state index contributed by atoms with van der Waals surface area (Å²) in [6.45, 7) is 6.65. The van der Waals surface area contributed by atoms with Crippen LogP contribution in [-0.4, -0.2) is 22.9 Å². The molecular formula is C22H25NO3S2. The summed E-state index contributed by atoms with van der Waals surface area (Å²) in [7, 11) is 0.634. The van der Waals surface area contributed by atoms with Gasteiger partial charge in [0.15, 0.2) is 11.5 Å². The van der Waals surface area contributed by atoms with E-state index in [1.165, 1.54) is 11.1 Å². The molecule has 0 amide bonds. The molecular weight excluding hydrogens is 390 g/mol. The molecule has 1 atom stereocenters. The lowest BCUT2D eigenvalue weighted by molar-refractivity contribution is 0.311. The zero-order valence-corrected chi connectivity index (χ0v) is 18.3. The summed E-state index contributed by atoms with van der Waals surface area (Å²) >= 11 is 1.55. The summed E-state index contributed by atoms with van der Waals surface area (Å²) in [5.41, 5.74) is 5.34. The van der Waals surface area contributed by atoms with E-state index in [0.29, 0.717) is 23.9 Å². The number of hydrogen-bond acceptors (Lipinski definition) is 5. The molecule has 0 bridgehead atoms. The summed E-state index contributed by atoms with van der Waals surface area (Å²) in [6.07, 6.45) is 0. The largest absolute Gasteiger partial charge is 0.493 e. The van der Waals surface area contributed by atoms with E-state index in [1.54, 1.807) is 18.4 Å². The van der Waals surface area contributed by atoms with E-state index in [4.69, 9.17) is 9.47 Å². The zero-order valence-electron chi connectivity index (χ0n) is 16.7. The van der Waals surface area contributed by atoms with Crippen LogP contribution < -0.4 is 9.47 Å². The van der Waals surface area contributed by atoms with E-state index < -0.39 is 10.8 Å². The van der Waals surface area contributed by atoms with E-state index in [-0.39, 0.29) is 0 Å². The van der Waals surface area contributed by atoms with Crippen molar-refractivity contribution in [3.05, 3.63) is 64.2 Å². The van der Waals surface area contributed by atoms with Crippen LogP contribution in [0.25, 0.3) is 10.6 Å². The average molecular weight is 416 g/mol. The van der Waals surface area contributed by atoms with E-state index in [9.17, 15) is 4.21 Å². The Morgan fingerprint density at radius 3 is 2.64 bits per heavy atom. The molecule has 0 N–H and O–H groups in total. The van der Waals surface area contributed by atoms with Gasteiger partial charge < -0.3 is 9.47 Å². The predicted molar refractivity (Wildman–Crippen MR) is 117 cm³/mol. The smallest absolute Gasteiger partial charge is 0.161 e. The van der Waals surface area contributed by atoms with Gasteiger partial charge in [-0.15, -0.1) is 11.3 Å². The highest BCUT2D eigenvalue weighted by Crippen LogP contribution is 2.34. The first kappa shape index (κ1) is 20.6. The number of methoxy groups -OCH3 is 1. The van der Waals surface area contributed by atoms with Crippen molar-refractivity contribution in [1.29, 1.82) is 0 Å². The van der Waals surface area contributed by atoms with Crippen molar-refractivity contribution in [1.82, 2.24) is 4.98 Å². The molecule has 1 heterocycles. The fraction of sp³-hybridized carbons (Fsp3) is 0.318. The number of benzene rings is 2. The predicted octanol–water partition coefficient (Wildman–Crippen LogP) is 5.28. The minimum atomic E-state index is -0.996. The molecule has 3 aromatic rings. The highest BCUT2D eigenvalue weighted by molar-refractivity contribution is 7.83. The Morgan fingerprint density at radius 2 is 1.89 bits per heavy atom. The third-order valence-electron chi connectivity index (χ3n) is 4.39. The van der Waals surface area contributed by atoms with Crippen LogP contribution in [0.1, 0.15) is 29.3 Å². The lowest BCUT2D eigenvalue weighted by Gasteiger charge is -2.10. The molecule has 0 fully saturated rings. The Balaban J connectivity index is 1.72. The highest BCUT2D eigenvalue weighted by atomic mass is 32.2. The van der Waals surface area contributed by atoms with E-state index in [2.05, 4.69) is 37.0 Å². The number of hydrogen-bond donors (Lipinski definition) is 0. The van der Waals surface area contributed by atoms with Crippen LogP contribution in [0, 0.1) is 13.8 Å². The molecule has 0 unspecified atom stereocenters. The van der Waals surface area contributed by atoms with Crippen LogP contribution in [0.4, 0.5) is 0 Å². The van der Waals surface area contributed by atoms with Gasteiger partial charge in [0.25, 0.3) is 0 Å². The van der Waals surface area contributed by atoms with E-state index in [1.807, 2.05) is 30.5 Å². The second-order valence-electron chi connectivity index (χ2n) is 6.60. The third kappa shape index (κ3) is 5.00. The van der Waals surface area contributed by atoms with Crippen molar-refractivity contribution in [2.45, 2.75) is 32.3 Å². The number of aromatic nitrogens is 1. The molecule has 0 aliphatic rings. The fourth-order valence-corrected chi connectivity index (χ4v) is 5.09. The molecule has 0 saturated heterocycles. The van der Waals surface area contributed by atoms with Crippen LogP contribution in [-0.2, 0) is 22.3 Å². The first-order valence-corrected chi connectivity index (χ1v) is 11.5. The molecule has 0 aliphatic carbocycles. The number of aryl methyl sites for hydroxylation is 2. The van der Waals surface area contributed by atoms with Crippen molar-refractivity contribution in [3.8, 4) is 22.1 Å². The zero-order chi connectivity index (χ0) is 20.1. The summed E-state index contributed by atoms with van der Waals surface area (Å²) in [6, 6.07) is 12.1. The SMILES string of the molecule is CCOc1ccc(-c2nc(C[S@](=O)Cc3cc(C)ccc3C)cs2)cc1OC. The van der Waals surface area contributed by atoms with Crippen molar-refractivity contribution in [2.75, 3.05) is 13.7 Å². The average Bonchev–Trinajstić information content (AvgIpc) is 3.13. The van der Waals surface area contributed by atoms with E-state index >= 15 is 0 Å². The standard InChI is InChI=1S/C22H25NO3S2/c1-5-26-20-9-8-17(11-21(20)25-4)22-23-19(12-27-22)14-28(24)13-18-10-15(2)6-7-16(18)3/h6-12H,5,13-14H2,1-4H3/t28-/m1/s1. The van der Waals surface area contributed by atoms with Crippen molar-refractivity contribution in [3.63, 3.8) is 0 Å². The van der Waals surface area contributed by atoms with Gasteiger partial charge in [0.2, 0.25) is 0 Å². The third-order valence-corrected chi connectivity index (χ3v) is 6.58. The Morgan fingerprint density at radius 1 is 1.07 bits per heavy atom. The maximum absolute atomic E-state index is 12.6. The van der Waals surface area contributed by atoms with Gasteiger partial charge in [-0.2, -0.15) is 0 Å². The second kappa shape index (κ2) is 9.34. The topological polar surface area (TPSA) is 48.4 Å². The van der Waals surface area contributed by atoms with Gasteiger partial charge in [-0.1, -0.05) is 23.8 Å². The number of ether oxygens (including phenoxy) is 2. The highest BCUT2D eigenvalue weighted by Gasteiger charge is 2.12. The van der Waals surface area contributed by atoms with Crippen LogP contribution in [0.15, 0.2) is 41.8 Å². The van der Waals surface area contributed by atoms with Crippen molar-refractivity contribution in [2.24, 2.45) is 0 Å². The Bertz CT molecular complexity index is 982. The molecule has 3 rings (SSSR count). The minimum absolute atomic E-state index is 0.456. The van der Waals surface area contributed by atoms with Crippen LogP contribution in [0.5, 0.6) is 11.5 Å². The maximum atomic E-state index is 12.6. The monoisotopic (exact) mass is 415 g/mol. The summed E-state index contributed by atoms with van der Waals surface area (Å²) in [5.74, 6) is 2.42. The van der Waals surface area contributed by atoms with Crippen LogP contribution >= 0.6 is 11.3 Å². The van der Waals surface area contributed by atoms with Crippen LogP contribution in [0.2, 0.25) is 0 Å². The molecule has 2 aromatic carbocycles. The summed E-state index contributed by atoms with van der Waals surface area (Å²) < 4.78 is 23.6. The minimum Gasteiger partial charge on any atom is -0.493 e. The van der Waals surface area contributed by atoms with Gasteiger partial charge in [-0.25, -0.2) is 4.98 Å².